The monoisotopic (exact) mass is 301 g/mol. The molecule has 0 bridgehead atoms. The number of nitrogens with one attached hydrogen (secondary N) is 1. The van der Waals surface area contributed by atoms with Gasteiger partial charge in [0.15, 0.2) is 0 Å². The van der Waals surface area contributed by atoms with Crippen LogP contribution in [0.5, 0.6) is 5.75 Å². The van der Waals surface area contributed by atoms with Crippen LogP contribution >= 0.6 is 0 Å². The Hall–Kier alpha value is -1.11. The fraction of sp³-hybridized carbons (Fsp3) is 0.571. The van der Waals surface area contributed by atoms with Gasteiger partial charge >= 0.3 is 0 Å². The molecule has 0 amide bonds. The Morgan fingerprint density at radius 2 is 2.00 bits per heavy atom. The van der Waals surface area contributed by atoms with E-state index in [0.717, 1.165) is 25.7 Å². The maximum atomic E-state index is 12.2. The standard InChI is InChI=1S/C14H23NO4S/c1-3-4-5-6-9-15-20(17,18)14-10-12(11-16)7-8-13(14)19-2/h7-8,10,15-16H,3-6,9,11H2,1-2H3. The zero-order chi connectivity index (χ0) is 15.0. The maximum Gasteiger partial charge on any atom is 0.244 e. The Labute approximate surface area is 121 Å². The van der Waals surface area contributed by atoms with E-state index in [1.807, 2.05) is 0 Å². The summed E-state index contributed by atoms with van der Waals surface area (Å²) in [5, 5.41) is 9.11. The van der Waals surface area contributed by atoms with Gasteiger partial charge in [0.25, 0.3) is 0 Å². The molecule has 0 unspecified atom stereocenters. The van der Waals surface area contributed by atoms with E-state index in [-0.39, 0.29) is 17.3 Å². The van der Waals surface area contributed by atoms with E-state index in [0.29, 0.717) is 12.1 Å². The molecular weight excluding hydrogens is 278 g/mol. The molecule has 6 heteroatoms. The maximum absolute atomic E-state index is 12.2. The number of methoxy groups -OCH3 is 1. The molecule has 0 atom stereocenters. The average molecular weight is 301 g/mol. The number of benzene rings is 1. The smallest absolute Gasteiger partial charge is 0.244 e. The summed E-state index contributed by atoms with van der Waals surface area (Å²) in [6.45, 7) is 2.31. The molecule has 0 aliphatic carbocycles. The highest BCUT2D eigenvalue weighted by Crippen LogP contribution is 2.24. The van der Waals surface area contributed by atoms with Gasteiger partial charge in [-0.05, 0) is 24.1 Å². The summed E-state index contributed by atoms with van der Waals surface area (Å²) in [4.78, 5) is 0.0713. The average Bonchev–Trinajstić information content (AvgIpc) is 2.46. The normalized spacial score (nSPS) is 11.6. The molecule has 2 N–H and O–H groups in total. The van der Waals surface area contributed by atoms with Crippen LogP contribution in [0.15, 0.2) is 23.1 Å². The number of aliphatic hydroxyl groups excluding tert-OH is 1. The Bertz CT molecular complexity index is 514. The third-order valence-electron chi connectivity index (χ3n) is 3.02. The Morgan fingerprint density at radius 3 is 2.60 bits per heavy atom. The van der Waals surface area contributed by atoms with Crippen LogP contribution < -0.4 is 9.46 Å². The molecule has 0 aliphatic rings. The van der Waals surface area contributed by atoms with Crippen molar-refractivity contribution in [3.63, 3.8) is 0 Å². The first-order chi connectivity index (χ1) is 9.55. The van der Waals surface area contributed by atoms with Gasteiger partial charge in [-0.25, -0.2) is 13.1 Å². The van der Waals surface area contributed by atoms with Gasteiger partial charge in [0.2, 0.25) is 10.0 Å². The SMILES string of the molecule is CCCCCCNS(=O)(=O)c1cc(CO)ccc1OC. The molecule has 20 heavy (non-hydrogen) atoms. The van der Waals surface area contributed by atoms with Crippen LogP contribution in [0.25, 0.3) is 0 Å². The second-order valence-electron chi connectivity index (χ2n) is 4.60. The highest BCUT2D eigenvalue weighted by molar-refractivity contribution is 7.89. The molecule has 0 heterocycles. The zero-order valence-corrected chi connectivity index (χ0v) is 12.9. The summed E-state index contributed by atoms with van der Waals surface area (Å²) < 4.78 is 32.1. The molecule has 0 aliphatic heterocycles. The molecule has 0 spiro atoms. The van der Waals surface area contributed by atoms with E-state index >= 15 is 0 Å². The van der Waals surface area contributed by atoms with Crippen molar-refractivity contribution in [3.8, 4) is 5.75 Å². The van der Waals surface area contributed by atoms with Crippen LogP contribution in [0, 0.1) is 0 Å². The van der Waals surface area contributed by atoms with Gasteiger partial charge < -0.3 is 9.84 Å². The predicted molar refractivity (Wildman–Crippen MR) is 78.2 cm³/mol. The largest absolute Gasteiger partial charge is 0.495 e. The van der Waals surface area contributed by atoms with E-state index in [2.05, 4.69) is 11.6 Å². The number of unbranched alkanes of at least 4 members (excludes halogenated alkanes) is 3. The number of hydrogen-bond acceptors (Lipinski definition) is 4. The summed E-state index contributed by atoms with van der Waals surface area (Å²) in [6.07, 6.45) is 4.03. The molecule has 0 aromatic heterocycles. The van der Waals surface area contributed by atoms with E-state index in [4.69, 9.17) is 9.84 Å². The van der Waals surface area contributed by atoms with Crippen molar-refractivity contribution in [3.05, 3.63) is 23.8 Å². The lowest BCUT2D eigenvalue weighted by Crippen LogP contribution is -2.25. The molecule has 114 valence electrons. The van der Waals surface area contributed by atoms with Crippen LogP contribution in [-0.2, 0) is 16.6 Å². The number of hydrogen-bond donors (Lipinski definition) is 2. The molecule has 5 nitrogen and oxygen atoms in total. The number of sulfonamides is 1. The van der Waals surface area contributed by atoms with Crippen molar-refractivity contribution >= 4 is 10.0 Å². The van der Waals surface area contributed by atoms with Gasteiger partial charge in [0.1, 0.15) is 10.6 Å². The first-order valence-corrected chi connectivity index (χ1v) is 8.31. The summed E-state index contributed by atoms with van der Waals surface area (Å²) in [7, 11) is -2.18. The van der Waals surface area contributed by atoms with Crippen molar-refractivity contribution in [2.75, 3.05) is 13.7 Å². The minimum atomic E-state index is -3.61. The Kier molecular flexibility index (Phi) is 6.98. The molecular formula is C14H23NO4S. The van der Waals surface area contributed by atoms with Gasteiger partial charge in [-0.1, -0.05) is 32.3 Å². The second-order valence-corrected chi connectivity index (χ2v) is 6.34. The number of rotatable bonds is 9. The van der Waals surface area contributed by atoms with E-state index in [1.165, 1.54) is 13.2 Å². The van der Waals surface area contributed by atoms with Crippen LogP contribution in [0.1, 0.15) is 38.2 Å². The van der Waals surface area contributed by atoms with Gasteiger partial charge in [0, 0.05) is 6.54 Å². The topological polar surface area (TPSA) is 75.6 Å². The molecule has 0 radical (unpaired) electrons. The third-order valence-corrected chi connectivity index (χ3v) is 4.50. The van der Waals surface area contributed by atoms with Crippen molar-refractivity contribution in [2.24, 2.45) is 0 Å². The van der Waals surface area contributed by atoms with E-state index < -0.39 is 10.0 Å². The van der Waals surface area contributed by atoms with Crippen molar-refractivity contribution < 1.29 is 18.3 Å². The molecule has 1 rings (SSSR count). The minimum absolute atomic E-state index is 0.0713. The Balaban J connectivity index is 2.80. The van der Waals surface area contributed by atoms with Crippen LogP contribution in [0.4, 0.5) is 0 Å². The zero-order valence-electron chi connectivity index (χ0n) is 12.1. The molecule has 0 fully saturated rings. The summed E-state index contributed by atoms with van der Waals surface area (Å²) in [5.74, 6) is 0.281. The quantitative estimate of drug-likeness (QED) is 0.684. The van der Waals surface area contributed by atoms with E-state index in [9.17, 15) is 8.42 Å². The van der Waals surface area contributed by atoms with Gasteiger partial charge in [-0.15, -0.1) is 0 Å². The van der Waals surface area contributed by atoms with Crippen molar-refractivity contribution in [1.29, 1.82) is 0 Å². The van der Waals surface area contributed by atoms with Crippen molar-refractivity contribution in [1.82, 2.24) is 4.72 Å². The van der Waals surface area contributed by atoms with Gasteiger partial charge in [-0.3, -0.25) is 0 Å². The van der Waals surface area contributed by atoms with E-state index in [1.54, 1.807) is 12.1 Å². The summed E-state index contributed by atoms with van der Waals surface area (Å²) in [5.41, 5.74) is 0.539. The number of aliphatic hydroxyl groups is 1. The predicted octanol–water partition coefficient (Wildman–Crippen LogP) is 2.05. The number of ether oxygens (including phenoxy) is 1. The lowest BCUT2D eigenvalue weighted by molar-refractivity contribution is 0.281. The highest BCUT2D eigenvalue weighted by Gasteiger charge is 2.19. The third kappa shape index (κ3) is 4.77. The van der Waals surface area contributed by atoms with Crippen LogP contribution in [0.2, 0.25) is 0 Å². The molecule has 1 aromatic rings. The summed E-state index contributed by atoms with van der Waals surface area (Å²) in [6, 6.07) is 4.63. The first kappa shape index (κ1) is 16.9. The fourth-order valence-corrected chi connectivity index (χ4v) is 3.16. The van der Waals surface area contributed by atoms with Gasteiger partial charge in [0.05, 0.1) is 13.7 Å². The van der Waals surface area contributed by atoms with Crippen LogP contribution in [-0.4, -0.2) is 27.2 Å². The Morgan fingerprint density at radius 1 is 1.25 bits per heavy atom. The second kappa shape index (κ2) is 8.24. The molecule has 0 saturated heterocycles. The van der Waals surface area contributed by atoms with Gasteiger partial charge in [-0.2, -0.15) is 0 Å². The molecule has 1 aromatic carbocycles. The fourth-order valence-electron chi connectivity index (χ4n) is 1.87. The van der Waals surface area contributed by atoms with Crippen LogP contribution in [0.3, 0.4) is 0 Å². The minimum Gasteiger partial charge on any atom is -0.495 e. The summed E-state index contributed by atoms with van der Waals surface area (Å²) >= 11 is 0. The lowest BCUT2D eigenvalue weighted by atomic mass is 10.2. The molecule has 0 saturated carbocycles. The highest BCUT2D eigenvalue weighted by atomic mass is 32.2. The van der Waals surface area contributed by atoms with Crippen molar-refractivity contribution in [2.45, 2.75) is 44.1 Å². The lowest BCUT2D eigenvalue weighted by Gasteiger charge is -2.11. The first-order valence-electron chi connectivity index (χ1n) is 6.82.